The van der Waals surface area contributed by atoms with E-state index in [2.05, 4.69) is 31.2 Å². The van der Waals surface area contributed by atoms with Gasteiger partial charge in [-0.25, -0.2) is 4.98 Å². The molecule has 34 heavy (non-hydrogen) atoms. The van der Waals surface area contributed by atoms with Crippen molar-refractivity contribution in [2.75, 3.05) is 0 Å². The molecule has 3 aromatic rings. The molecule has 1 amide bonds. The molecule has 1 aliphatic rings. The van der Waals surface area contributed by atoms with Crippen molar-refractivity contribution < 1.29 is 18.0 Å². The number of carbonyl (C=O) groups excluding carboxylic acids is 1. The molecule has 0 radical (unpaired) electrons. The van der Waals surface area contributed by atoms with Gasteiger partial charge in [0.1, 0.15) is 17.5 Å². The molecule has 1 saturated carbocycles. The fourth-order valence-electron chi connectivity index (χ4n) is 3.46. The summed E-state index contributed by atoms with van der Waals surface area (Å²) in [4.78, 5) is 29.4. The maximum absolute atomic E-state index is 13.5. The average molecular weight is 462 g/mol. The third-order valence-electron chi connectivity index (χ3n) is 5.51. The number of hydrogen-bond acceptors (Lipinski definition) is 6. The Hall–Kier alpha value is -4.31. The van der Waals surface area contributed by atoms with Crippen LogP contribution in [0.15, 0.2) is 42.9 Å². The van der Waals surface area contributed by atoms with Crippen molar-refractivity contribution in [3.05, 3.63) is 71.1 Å². The predicted molar refractivity (Wildman–Crippen MR) is 115 cm³/mol. The van der Waals surface area contributed by atoms with Crippen LogP contribution in [0.4, 0.5) is 13.2 Å². The second-order valence-corrected chi connectivity index (χ2v) is 7.88. The molecule has 0 aliphatic heterocycles. The average Bonchev–Trinajstić information content (AvgIpc) is 3.65. The van der Waals surface area contributed by atoms with Gasteiger partial charge in [-0.15, -0.1) is 6.42 Å². The first-order chi connectivity index (χ1) is 16.2. The predicted octanol–water partition coefficient (Wildman–Crippen LogP) is 3.98. The zero-order valence-electron chi connectivity index (χ0n) is 17.9. The van der Waals surface area contributed by atoms with Crippen LogP contribution in [0, 0.1) is 23.7 Å². The van der Waals surface area contributed by atoms with Crippen molar-refractivity contribution in [1.29, 1.82) is 5.26 Å². The van der Waals surface area contributed by atoms with Crippen molar-refractivity contribution in [1.82, 2.24) is 25.3 Å². The van der Waals surface area contributed by atoms with E-state index < -0.39 is 29.2 Å². The van der Waals surface area contributed by atoms with Gasteiger partial charge in [0.05, 0.1) is 34.1 Å². The van der Waals surface area contributed by atoms with Gasteiger partial charge < -0.3 is 5.32 Å². The van der Waals surface area contributed by atoms with E-state index in [-0.39, 0.29) is 11.3 Å². The highest BCUT2D eigenvalue weighted by molar-refractivity contribution is 5.94. The molecule has 1 atom stereocenters. The molecule has 4 rings (SSSR count). The minimum atomic E-state index is -4.74. The molecule has 0 bridgehead atoms. The Kier molecular flexibility index (Phi) is 5.76. The zero-order chi connectivity index (χ0) is 24.5. The zero-order valence-corrected chi connectivity index (χ0v) is 17.9. The summed E-state index contributed by atoms with van der Waals surface area (Å²) in [5.41, 5.74) is -0.663. The fourth-order valence-corrected chi connectivity index (χ4v) is 3.46. The van der Waals surface area contributed by atoms with Crippen molar-refractivity contribution in [2.24, 2.45) is 0 Å². The normalized spacial score (nSPS) is 15.0. The molecule has 170 valence electrons. The number of halogens is 3. The quantitative estimate of drug-likeness (QED) is 0.575. The summed E-state index contributed by atoms with van der Waals surface area (Å²) in [5, 5.41) is 11.6. The Labute approximate surface area is 193 Å². The van der Waals surface area contributed by atoms with Gasteiger partial charge in [-0.05, 0) is 44.0 Å². The Balaban J connectivity index is 1.65. The number of alkyl halides is 3. The number of carbonyl (C=O) groups is 1. The lowest BCUT2D eigenvalue weighted by atomic mass is 10.00. The SMILES string of the molecule is C#CC1(c2cc(C(=O)NC(C)c3nccnc3-c3ccc(C#N)cn3)cc(C(F)(F)F)n2)CC1. The van der Waals surface area contributed by atoms with Crippen molar-refractivity contribution in [3.8, 4) is 29.8 Å². The first-order valence-electron chi connectivity index (χ1n) is 10.2. The summed E-state index contributed by atoms with van der Waals surface area (Å²) in [6.07, 6.45) is 6.07. The lowest BCUT2D eigenvalue weighted by molar-refractivity contribution is -0.141. The maximum atomic E-state index is 13.5. The van der Waals surface area contributed by atoms with Crippen LogP contribution >= 0.6 is 0 Å². The van der Waals surface area contributed by atoms with E-state index in [4.69, 9.17) is 11.7 Å². The summed E-state index contributed by atoms with van der Waals surface area (Å²) < 4.78 is 40.4. The smallest absolute Gasteiger partial charge is 0.344 e. The minimum Gasteiger partial charge on any atom is -0.344 e. The first-order valence-corrected chi connectivity index (χ1v) is 10.2. The third kappa shape index (κ3) is 4.44. The molecule has 1 aliphatic carbocycles. The second kappa shape index (κ2) is 8.56. The van der Waals surface area contributed by atoms with Crippen LogP contribution in [0.2, 0.25) is 0 Å². The standard InChI is InChI=1S/C24H17F3N6O/c1-3-23(6-7-23)18-10-16(11-19(33-18)24(25,26)27)22(34)32-14(2)20-21(30-9-8-29-20)17-5-4-15(12-28)13-31-17/h1,4-5,8-11,13-14H,6-7H2,2H3,(H,32,34). The third-order valence-corrected chi connectivity index (χ3v) is 5.51. The fraction of sp³-hybridized carbons (Fsp3) is 0.250. The van der Waals surface area contributed by atoms with E-state index in [1.807, 2.05) is 6.07 Å². The van der Waals surface area contributed by atoms with E-state index in [0.717, 1.165) is 0 Å². The number of hydrogen-bond donors (Lipinski definition) is 1. The number of pyridine rings is 2. The monoisotopic (exact) mass is 462 g/mol. The van der Waals surface area contributed by atoms with E-state index in [1.165, 1.54) is 24.7 Å². The Morgan fingerprint density at radius 3 is 2.53 bits per heavy atom. The molecule has 0 aromatic carbocycles. The molecule has 0 saturated heterocycles. The molecule has 1 fully saturated rings. The van der Waals surface area contributed by atoms with E-state index in [9.17, 15) is 18.0 Å². The largest absolute Gasteiger partial charge is 0.433 e. The van der Waals surface area contributed by atoms with Crippen LogP contribution < -0.4 is 5.32 Å². The number of rotatable bonds is 5. The van der Waals surface area contributed by atoms with Gasteiger partial charge >= 0.3 is 6.18 Å². The van der Waals surface area contributed by atoms with E-state index in [1.54, 1.807) is 19.1 Å². The molecule has 1 unspecified atom stereocenters. The van der Waals surface area contributed by atoms with Crippen molar-refractivity contribution >= 4 is 5.91 Å². The first kappa shape index (κ1) is 22.9. The Morgan fingerprint density at radius 2 is 1.94 bits per heavy atom. The number of nitrogens with one attached hydrogen (secondary N) is 1. The molecule has 7 nitrogen and oxygen atoms in total. The number of amides is 1. The number of terminal acetylenes is 1. The lowest BCUT2D eigenvalue weighted by Crippen LogP contribution is -2.29. The van der Waals surface area contributed by atoms with Crippen molar-refractivity contribution in [2.45, 2.75) is 37.4 Å². The number of nitrogens with zero attached hydrogens (tertiary/aromatic N) is 5. The molecule has 0 spiro atoms. The van der Waals surface area contributed by atoms with E-state index in [0.29, 0.717) is 41.6 Å². The Morgan fingerprint density at radius 1 is 1.21 bits per heavy atom. The van der Waals surface area contributed by atoms with Gasteiger partial charge in [0, 0.05) is 24.2 Å². The molecular weight excluding hydrogens is 445 g/mol. The van der Waals surface area contributed by atoms with Crippen LogP contribution in [0.5, 0.6) is 0 Å². The molecular formula is C24H17F3N6O. The molecule has 3 aromatic heterocycles. The summed E-state index contributed by atoms with van der Waals surface area (Å²) in [6, 6.07) is 6.44. The summed E-state index contributed by atoms with van der Waals surface area (Å²) >= 11 is 0. The van der Waals surface area contributed by atoms with Gasteiger partial charge in [0.25, 0.3) is 5.91 Å². The van der Waals surface area contributed by atoms with Gasteiger partial charge in [0.2, 0.25) is 0 Å². The summed E-state index contributed by atoms with van der Waals surface area (Å²) in [6.45, 7) is 1.63. The van der Waals surface area contributed by atoms with Crippen LogP contribution in [-0.2, 0) is 11.6 Å². The maximum Gasteiger partial charge on any atom is 0.433 e. The van der Waals surface area contributed by atoms with Crippen LogP contribution in [-0.4, -0.2) is 25.8 Å². The van der Waals surface area contributed by atoms with E-state index >= 15 is 0 Å². The highest BCUT2D eigenvalue weighted by atomic mass is 19.4. The number of aromatic nitrogens is 4. The van der Waals surface area contributed by atoms with Gasteiger partial charge in [-0.3, -0.25) is 19.7 Å². The topological polar surface area (TPSA) is 104 Å². The summed E-state index contributed by atoms with van der Waals surface area (Å²) in [5.74, 6) is 1.77. The summed E-state index contributed by atoms with van der Waals surface area (Å²) in [7, 11) is 0. The molecule has 1 N–H and O–H groups in total. The van der Waals surface area contributed by atoms with Crippen molar-refractivity contribution in [3.63, 3.8) is 0 Å². The Bertz CT molecular complexity index is 1330. The number of nitriles is 1. The van der Waals surface area contributed by atoms with Crippen LogP contribution in [0.1, 0.15) is 58.8 Å². The second-order valence-electron chi connectivity index (χ2n) is 7.88. The van der Waals surface area contributed by atoms with Crippen LogP contribution in [0.3, 0.4) is 0 Å². The van der Waals surface area contributed by atoms with Gasteiger partial charge in [-0.1, -0.05) is 5.92 Å². The molecule has 3 heterocycles. The highest BCUT2D eigenvalue weighted by Gasteiger charge is 2.46. The van der Waals surface area contributed by atoms with Gasteiger partial charge in [0.15, 0.2) is 0 Å². The highest BCUT2D eigenvalue weighted by Crippen LogP contribution is 2.47. The molecule has 10 heteroatoms. The minimum absolute atomic E-state index is 0.0598. The lowest BCUT2D eigenvalue weighted by Gasteiger charge is -2.18. The van der Waals surface area contributed by atoms with Crippen LogP contribution in [0.25, 0.3) is 11.4 Å². The van der Waals surface area contributed by atoms with Gasteiger partial charge in [-0.2, -0.15) is 18.4 Å².